The van der Waals surface area contributed by atoms with E-state index in [1.165, 1.54) is 6.33 Å². The van der Waals surface area contributed by atoms with Gasteiger partial charge in [-0.25, -0.2) is 4.98 Å². The molecule has 0 saturated heterocycles. The summed E-state index contributed by atoms with van der Waals surface area (Å²) in [7, 11) is 0. The fraction of sp³-hybridized carbons (Fsp3) is 0.500. The fourth-order valence-electron chi connectivity index (χ4n) is 2.04. The minimum Gasteiger partial charge on any atom is -0.409 e. The average Bonchev–Trinajstić information content (AvgIpc) is 2.90. The molecule has 0 spiro atoms. The van der Waals surface area contributed by atoms with Gasteiger partial charge in [-0.05, 0) is 13.8 Å². The molecule has 1 atom stereocenters. The molecule has 2 aromatic heterocycles. The van der Waals surface area contributed by atoms with E-state index in [2.05, 4.69) is 25.1 Å². The molecule has 3 N–H and O–H groups in total. The van der Waals surface area contributed by atoms with Crippen molar-refractivity contribution in [2.75, 3.05) is 18.0 Å². The zero-order valence-corrected chi connectivity index (χ0v) is 11.9. The molecular weight excluding hydrogens is 258 g/mol. The van der Waals surface area contributed by atoms with Gasteiger partial charge in [-0.2, -0.15) is 14.6 Å². The largest absolute Gasteiger partial charge is 0.409 e. The minimum absolute atomic E-state index is 0.0769. The summed E-state index contributed by atoms with van der Waals surface area (Å²) in [4.78, 5) is 10.5. The number of nitrogens with two attached hydrogens (primary N) is 1. The second kappa shape index (κ2) is 5.72. The van der Waals surface area contributed by atoms with Gasteiger partial charge in [-0.15, -0.1) is 0 Å². The van der Waals surface area contributed by atoms with Crippen LogP contribution in [0.3, 0.4) is 0 Å². The number of nitrogens with zero attached hydrogens (tertiary/aromatic N) is 6. The van der Waals surface area contributed by atoms with Crippen LogP contribution < -0.4 is 10.6 Å². The van der Waals surface area contributed by atoms with E-state index < -0.39 is 0 Å². The molecule has 20 heavy (non-hydrogen) atoms. The van der Waals surface area contributed by atoms with Crippen LogP contribution in [0, 0.1) is 12.8 Å². The molecule has 0 amide bonds. The van der Waals surface area contributed by atoms with Gasteiger partial charge in [-0.3, -0.25) is 0 Å². The van der Waals surface area contributed by atoms with Crippen LogP contribution in [0.4, 0.5) is 5.82 Å². The van der Waals surface area contributed by atoms with Gasteiger partial charge in [0, 0.05) is 30.8 Å². The highest BCUT2D eigenvalue weighted by atomic mass is 16.4. The zero-order chi connectivity index (χ0) is 14.7. The van der Waals surface area contributed by atoms with E-state index in [1.54, 1.807) is 4.52 Å². The summed E-state index contributed by atoms with van der Waals surface area (Å²) in [6.45, 7) is 7.24. The third-order valence-corrected chi connectivity index (χ3v) is 3.18. The summed E-state index contributed by atoms with van der Waals surface area (Å²) >= 11 is 0. The third kappa shape index (κ3) is 2.63. The number of anilines is 1. The topological polar surface area (TPSA) is 105 Å². The van der Waals surface area contributed by atoms with E-state index in [0.717, 1.165) is 18.1 Å². The molecule has 0 fully saturated rings. The second-order valence-electron chi connectivity index (χ2n) is 4.69. The Kier molecular flexibility index (Phi) is 4.02. The van der Waals surface area contributed by atoms with Crippen LogP contribution in [-0.2, 0) is 0 Å². The zero-order valence-electron chi connectivity index (χ0n) is 11.9. The third-order valence-electron chi connectivity index (χ3n) is 3.18. The average molecular weight is 277 g/mol. The van der Waals surface area contributed by atoms with Crippen LogP contribution in [0.2, 0.25) is 0 Å². The maximum absolute atomic E-state index is 8.75. The van der Waals surface area contributed by atoms with Gasteiger partial charge in [0.15, 0.2) is 0 Å². The highest BCUT2D eigenvalue weighted by Gasteiger charge is 2.17. The van der Waals surface area contributed by atoms with Crippen LogP contribution >= 0.6 is 0 Å². The van der Waals surface area contributed by atoms with Gasteiger partial charge < -0.3 is 15.8 Å². The van der Waals surface area contributed by atoms with E-state index >= 15 is 0 Å². The smallest absolute Gasteiger partial charge is 0.254 e. The van der Waals surface area contributed by atoms with Crippen molar-refractivity contribution in [2.45, 2.75) is 20.8 Å². The summed E-state index contributed by atoms with van der Waals surface area (Å²) in [6, 6.07) is 1.95. The minimum atomic E-state index is -0.0769. The lowest BCUT2D eigenvalue weighted by Crippen LogP contribution is -2.36. The fourth-order valence-corrected chi connectivity index (χ4v) is 2.04. The summed E-state index contributed by atoms with van der Waals surface area (Å²) in [5.41, 5.74) is 6.52. The molecule has 1 unspecified atom stereocenters. The summed E-state index contributed by atoms with van der Waals surface area (Å²) < 4.78 is 1.69. The Morgan fingerprint density at radius 2 is 2.35 bits per heavy atom. The number of aryl methyl sites for hydroxylation is 1. The lowest BCUT2D eigenvalue weighted by atomic mass is 10.1. The van der Waals surface area contributed by atoms with E-state index in [4.69, 9.17) is 10.9 Å². The van der Waals surface area contributed by atoms with Crippen LogP contribution in [0.5, 0.6) is 0 Å². The predicted molar refractivity (Wildman–Crippen MR) is 76.0 cm³/mol. The molecule has 108 valence electrons. The lowest BCUT2D eigenvalue weighted by molar-refractivity contribution is 0.314. The summed E-state index contributed by atoms with van der Waals surface area (Å²) in [5, 5.41) is 16.0. The highest BCUT2D eigenvalue weighted by Crippen LogP contribution is 2.17. The molecule has 2 aromatic rings. The molecule has 2 heterocycles. The van der Waals surface area contributed by atoms with Crippen molar-refractivity contribution in [1.29, 1.82) is 0 Å². The van der Waals surface area contributed by atoms with Crippen molar-refractivity contribution < 1.29 is 5.21 Å². The first-order chi connectivity index (χ1) is 9.56. The Morgan fingerprint density at radius 1 is 1.60 bits per heavy atom. The monoisotopic (exact) mass is 277 g/mol. The van der Waals surface area contributed by atoms with E-state index in [1.807, 2.05) is 26.8 Å². The normalized spacial score (nSPS) is 13.7. The number of hydrogen-bond acceptors (Lipinski definition) is 6. The van der Waals surface area contributed by atoms with Crippen molar-refractivity contribution in [3.05, 3.63) is 18.1 Å². The number of hydrogen-bond donors (Lipinski definition) is 2. The Labute approximate surface area is 116 Å². The molecule has 0 bridgehead atoms. The molecular formula is C12H19N7O. The van der Waals surface area contributed by atoms with Crippen molar-refractivity contribution in [2.24, 2.45) is 16.8 Å². The van der Waals surface area contributed by atoms with Gasteiger partial charge in [0.1, 0.15) is 18.0 Å². The first-order valence-electron chi connectivity index (χ1n) is 6.46. The lowest BCUT2D eigenvalue weighted by Gasteiger charge is -2.26. The van der Waals surface area contributed by atoms with Gasteiger partial charge >= 0.3 is 0 Å². The van der Waals surface area contributed by atoms with Crippen molar-refractivity contribution in [3.8, 4) is 0 Å². The standard InChI is InChI=1S/C12H19N7O/c1-4-18(6-8(2)11(13)17-20)10-5-9(3)16-12-14-7-15-19(10)12/h5,7-8,20H,4,6H2,1-3H3,(H2,13,17). The first kappa shape index (κ1) is 14.0. The summed E-state index contributed by atoms with van der Waals surface area (Å²) in [6.07, 6.45) is 1.48. The van der Waals surface area contributed by atoms with Crippen LogP contribution in [0.25, 0.3) is 5.78 Å². The highest BCUT2D eigenvalue weighted by molar-refractivity contribution is 5.82. The number of fused-ring (bicyclic) bond motifs is 1. The van der Waals surface area contributed by atoms with Crippen LogP contribution in [0.1, 0.15) is 19.5 Å². The Hall–Kier alpha value is -2.38. The Morgan fingerprint density at radius 3 is 3.00 bits per heavy atom. The van der Waals surface area contributed by atoms with E-state index in [9.17, 15) is 0 Å². The second-order valence-corrected chi connectivity index (χ2v) is 4.69. The molecule has 8 heteroatoms. The van der Waals surface area contributed by atoms with Gasteiger partial charge in [0.25, 0.3) is 5.78 Å². The van der Waals surface area contributed by atoms with Gasteiger partial charge in [0.2, 0.25) is 0 Å². The van der Waals surface area contributed by atoms with Crippen LogP contribution in [-0.4, -0.2) is 43.7 Å². The predicted octanol–water partition coefficient (Wildman–Crippen LogP) is 0.642. The maximum atomic E-state index is 8.75. The van der Waals surface area contributed by atoms with E-state index in [0.29, 0.717) is 12.3 Å². The van der Waals surface area contributed by atoms with Crippen molar-refractivity contribution >= 4 is 17.4 Å². The molecule has 0 aliphatic heterocycles. The van der Waals surface area contributed by atoms with Crippen molar-refractivity contribution in [1.82, 2.24) is 19.6 Å². The molecule has 2 rings (SSSR count). The number of rotatable bonds is 5. The van der Waals surface area contributed by atoms with Gasteiger partial charge in [-0.1, -0.05) is 12.1 Å². The number of oxime groups is 1. The molecule has 0 aromatic carbocycles. The number of aromatic nitrogens is 4. The Balaban J connectivity index is 2.36. The molecule has 0 aliphatic rings. The summed E-state index contributed by atoms with van der Waals surface area (Å²) in [5.74, 6) is 1.59. The molecule has 0 aliphatic carbocycles. The maximum Gasteiger partial charge on any atom is 0.254 e. The first-order valence-corrected chi connectivity index (χ1v) is 6.46. The SMILES string of the molecule is CCN(CC(C)C(N)=NO)c1cc(C)nc2ncnn12. The van der Waals surface area contributed by atoms with Crippen molar-refractivity contribution in [3.63, 3.8) is 0 Å². The quantitative estimate of drug-likeness (QED) is 0.360. The van der Waals surface area contributed by atoms with Crippen LogP contribution in [0.15, 0.2) is 17.5 Å². The molecule has 0 radical (unpaired) electrons. The van der Waals surface area contributed by atoms with E-state index in [-0.39, 0.29) is 11.8 Å². The molecule has 0 saturated carbocycles. The number of amidine groups is 1. The molecule has 8 nitrogen and oxygen atoms in total. The Bertz CT molecular complexity index is 621. The van der Waals surface area contributed by atoms with Gasteiger partial charge in [0.05, 0.1) is 0 Å².